The van der Waals surface area contributed by atoms with Crippen LogP contribution in [0.1, 0.15) is 49.0 Å². The minimum atomic E-state index is 0.362. The van der Waals surface area contributed by atoms with E-state index in [9.17, 15) is 0 Å². The van der Waals surface area contributed by atoms with Crippen molar-refractivity contribution in [2.24, 2.45) is 0 Å². The highest BCUT2D eigenvalue weighted by molar-refractivity contribution is 7.10. The molecule has 0 N–H and O–H groups in total. The standard InChI is InChI=1S/C16H23NS/c1-14-8-13-18-15(14)16(9-4-2-5-10-16)17-11-6-3-7-12-17/h3,6,8,13H,2,4-5,7,9-12H2,1H3. The second-order valence-electron chi connectivity index (χ2n) is 5.73. The molecule has 0 aromatic carbocycles. The lowest BCUT2D eigenvalue weighted by Gasteiger charge is -2.47. The van der Waals surface area contributed by atoms with Crippen LogP contribution in [0.3, 0.4) is 0 Å². The summed E-state index contributed by atoms with van der Waals surface area (Å²) in [6.07, 6.45) is 12.9. The van der Waals surface area contributed by atoms with Crippen LogP contribution < -0.4 is 0 Å². The van der Waals surface area contributed by atoms with Gasteiger partial charge in [0, 0.05) is 18.0 Å². The molecule has 0 radical (unpaired) electrons. The molecule has 18 heavy (non-hydrogen) atoms. The van der Waals surface area contributed by atoms with Gasteiger partial charge in [-0.15, -0.1) is 11.3 Å². The Morgan fingerprint density at radius 1 is 1.17 bits per heavy atom. The highest BCUT2D eigenvalue weighted by Crippen LogP contribution is 2.46. The number of aryl methyl sites for hydroxylation is 1. The average molecular weight is 261 g/mol. The highest BCUT2D eigenvalue weighted by atomic mass is 32.1. The van der Waals surface area contributed by atoms with E-state index in [-0.39, 0.29) is 0 Å². The second kappa shape index (κ2) is 5.18. The van der Waals surface area contributed by atoms with Crippen molar-refractivity contribution in [2.75, 3.05) is 13.1 Å². The zero-order valence-corrected chi connectivity index (χ0v) is 12.1. The molecule has 2 heteroatoms. The first-order chi connectivity index (χ1) is 8.83. The second-order valence-corrected chi connectivity index (χ2v) is 6.65. The quantitative estimate of drug-likeness (QED) is 0.710. The molecule has 3 rings (SSSR count). The lowest BCUT2D eigenvalue weighted by atomic mass is 9.77. The number of hydrogen-bond acceptors (Lipinski definition) is 2. The van der Waals surface area contributed by atoms with Gasteiger partial charge < -0.3 is 0 Å². The third-order valence-corrected chi connectivity index (χ3v) is 5.84. The normalized spacial score (nSPS) is 24.3. The predicted octanol–water partition coefficient (Wildman–Crippen LogP) is 4.48. The predicted molar refractivity (Wildman–Crippen MR) is 79.1 cm³/mol. The molecule has 1 aliphatic heterocycles. The van der Waals surface area contributed by atoms with Crippen LogP contribution in [-0.2, 0) is 5.54 Å². The smallest absolute Gasteiger partial charge is 0.0559 e. The van der Waals surface area contributed by atoms with E-state index in [1.165, 1.54) is 50.6 Å². The van der Waals surface area contributed by atoms with Crippen molar-refractivity contribution in [3.05, 3.63) is 34.0 Å². The minimum absolute atomic E-state index is 0.362. The number of hydrogen-bond donors (Lipinski definition) is 0. The minimum Gasteiger partial charge on any atom is -0.289 e. The van der Waals surface area contributed by atoms with Crippen LogP contribution in [0.25, 0.3) is 0 Å². The maximum absolute atomic E-state index is 2.75. The average Bonchev–Trinajstić information content (AvgIpc) is 2.87. The van der Waals surface area contributed by atoms with Crippen molar-refractivity contribution in [3.63, 3.8) is 0 Å². The van der Waals surface area contributed by atoms with Gasteiger partial charge in [-0.2, -0.15) is 0 Å². The number of rotatable bonds is 2. The summed E-state index contributed by atoms with van der Waals surface area (Å²) in [6.45, 7) is 4.69. The molecular formula is C16H23NS. The van der Waals surface area contributed by atoms with Gasteiger partial charge in [0.05, 0.1) is 5.54 Å². The summed E-state index contributed by atoms with van der Waals surface area (Å²) in [5, 5.41) is 2.28. The van der Waals surface area contributed by atoms with Gasteiger partial charge in [0.15, 0.2) is 0 Å². The van der Waals surface area contributed by atoms with E-state index in [1.54, 1.807) is 4.88 Å². The van der Waals surface area contributed by atoms with Crippen LogP contribution in [0, 0.1) is 6.92 Å². The fraction of sp³-hybridized carbons (Fsp3) is 0.625. The first-order valence-corrected chi connectivity index (χ1v) is 8.15. The van der Waals surface area contributed by atoms with Crippen LogP contribution in [0.4, 0.5) is 0 Å². The first kappa shape index (κ1) is 12.4. The first-order valence-electron chi connectivity index (χ1n) is 7.27. The van der Waals surface area contributed by atoms with Crippen LogP contribution in [-0.4, -0.2) is 18.0 Å². The topological polar surface area (TPSA) is 3.24 Å². The number of thiophene rings is 1. The molecule has 1 aliphatic carbocycles. The van der Waals surface area contributed by atoms with Crippen molar-refractivity contribution in [2.45, 2.75) is 51.0 Å². The summed E-state index contributed by atoms with van der Waals surface area (Å²) in [6, 6.07) is 2.30. The Labute approximate surface area is 115 Å². The molecule has 0 amide bonds. The maximum Gasteiger partial charge on any atom is 0.0559 e. The monoisotopic (exact) mass is 261 g/mol. The lowest BCUT2D eigenvalue weighted by Crippen LogP contribution is -2.48. The summed E-state index contributed by atoms with van der Waals surface area (Å²) in [5.74, 6) is 0. The van der Waals surface area contributed by atoms with Crippen molar-refractivity contribution < 1.29 is 0 Å². The lowest BCUT2D eigenvalue weighted by molar-refractivity contribution is 0.0586. The molecule has 0 spiro atoms. The Morgan fingerprint density at radius 3 is 2.61 bits per heavy atom. The molecule has 0 saturated heterocycles. The van der Waals surface area contributed by atoms with Gasteiger partial charge in [-0.05, 0) is 43.2 Å². The van der Waals surface area contributed by atoms with Gasteiger partial charge in [-0.25, -0.2) is 0 Å². The van der Waals surface area contributed by atoms with E-state index < -0.39 is 0 Å². The van der Waals surface area contributed by atoms with Gasteiger partial charge in [0.2, 0.25) is 0 Å². The van der Waals surface area contributed by atoms with Crippen molar-refractivity contribution in [1.29, 1.82) is 0 Å². The molecular weight excluding hydrogens is 238 g/mol. The van der Waals surface area contributed by atoms with Crippen LogP contribution >= 0.6 is 11.3 Å². The zero-order chi connectivity index (χ0) is 12.4. The van der Waals surface area contributed by atoms with Gasteiger partial charge >= 0.3 is 0 Å². The van der Waals surface area contributed by atoms with E-state index in [1.807, 2.05) is 11.3 Å². The van der Waals surface area contributed by atoms with E-state index in [2.05, 4.69) is 35.4 Å². The molecule has 1 saturated carbocycles. The fourth-order valence-corrected chi connectivity index (χ4v) is 4.92. The molecule has 1 aromatic heterocycles. The van der Waals surface area contributed by atoms with Gasteiger partial charge in [0.1, 0.15) is 0 Å². The molecule has 1 fully saturated rings. The van der Waals surface area contributed by atoms with Crippen molar-refractivity contribution >= 4 is 11.3 Å². The molecule has 98 valence electrons. The molecule has 0 atom stereocenters. The molecule has 2 heterocycles. The zero-order valence-electron chi connectivity index (χ0n) is 11.3. The largest absolute Gasteiger partial charge is 0.289 e. The molecule has 2 aliphatic rings. The Kier molecular flexibility index (Phi) is 3.58. The summed E-state index contributed by atoms with van der Waals surface area (Å²) in [4.78, 5) is 4.41. The van der Waals surface area contributed by atoms with Gasteiger partial charge in [-0.3, -0.25) is 4.90 Å². The summed E-state index contributed by atoms with van der Waals surface area (Å²) < 4.78 is 0. The van der Waals surface area contributed by atoms with Crippen molar-refractivity contribution in [1.82, 2.24) is 4.90 Å². The molecule has 1 aromatic rings. The Bertz CT molecular complexity index is 426. The highest BCUT2D eigenvalue weighted by Gasteiger charge is 2.40. The summed E-state index contributed by atoms with van der Waals surface area (Å²) in [7, 11) is 0. The van der Waals surface area contributed by atoms with Crippen molar-refractivity contribution in [3.8, 4) is 0 Å². The SMILES string of the molecule is Cc1ccsc1C1(N2CC=CCC2)CCCCC1. The van der Waals surface area contributed by atoms with E-state index >= 15 is 0 Å². The van der Waals surface area contributed by atoms with E-state index in [0.29, 0.717) is 5.54 Å². The third-order valence-electron chi connectivity index (χ3n) is 4.63. The van der Waals surface area contributed by atoms with Gasteiger partial charge in [-0.1, -0.05) is 31.4 Å². The van der Waals surface area contributed by atoms with Crippen LogP contribution in [0.2, 0.25) is 0 Å². The van der Waals surface area contributed by atoms with Crippen LogP contribution in [0.15, 0.2) is 23.6 Å². The molecule has 1 nitrogen and oxygen atoms in total. The Balaban J connectivity index is 1.97. The summed E-state index contributed by atoms with van der Waals surface area (Å²) in [5.41, 5.74) is 1.87. The molecule has 0 unspecified atom stereocenters. The Hall–Kier alpha value is -0.600. The van der Waals surface area contributed by atoms with Gasteiger partial charge in [0.25, 0.3) is 0 Å². The Morgan fingerprint density at radius 2 is 2.00 bits per heavy atom. The maximum atomic E-state index is 2.75. The van der Waals surface area contributed by atoms with Crippen LogP contribution in [0.5, 0.6) is 0 Å². The fourth-order valence-electron chi connectivity index (χ4n) is 3.70. The molecule has 0 bridgehead atoms. The van der Waals surface area contributed by atoms with E-state index in [0.717, 1.165) is 6.54 Å². The number of nitrogens with zero attached hydrogens (tertiary/aromatic N) is 1. The van der Waals surface area contributed by atoms with E-state index in [4.69, 9.17) is 0 Å². The summed E-state index contributed by atoms with van der Waals surface area (Å²) >= 11 is 1.98. The third kappa shape index (κ3) is 2.06.